The van der Waals surface area contributed by atoms with Gasteiger partial charge in [-0.05, 0) is 35.9 Å². The molecule has 0 amide bonds. The van der Waals surface area contributed by atoms with Crippen molar-refractivity contribution in [3.8, 4) is 5.75 Å². The maximum absolute atomic E-state index is 13.0. The number of ether oxygens (including phenoxy) is 1. The number of aromatic amines is 1. The summed E-state index contributed by atoms with van der Waals surface area (Å²) in [5.41, 5.74) is 0.0588. The molecule has 28 heavy (non-hydrogen) atoms. The third kappa shape index (κ3) is 4.41. The topological polar surface area (TPSA) is 110 Å². The second-order valence-corrected chi connectivity index (χ2v) is 6.49. The number of hydrogen-bond donors (Lipinski definition) is 2. The Kier molecular flexibility index (Phi) is 5.23. The van der Waals surface area contributed by atoms with Crippen molar-refractivity contribution in [2.75, 3.05) is 0 Å². The van der Waals surface area contributed by atoms with Gasteiger partial charge >= 0.3 is 12.1 Å². The number of benzene rings is 1. The molecular formula is C18H11F2NO6S. The van der Waals surface area contributed by atoms with Crippen LogP contribution in [0.1, 0.15) is 16.1 Å². The lowest BCUT2D eigenvalue weighted by Gasteiger charge is -2.12. The SMILES string of the molecule is O=C(/C=c1/[nH]c(=O)/c(=C\c2ccc(OC(F)(F)C(=O)O)cc2)s1)c1ccco1. The Hall–Kier alpha value is -3.53. The number of aliphatic carboxylic acids is 1. The number of carboxylic acid groups (broad SMARTS) is 1. The second kappa shape index (κ2) is 7.61. The molecule has 0 saturated heterocycles. The van der Waals surface area contributed by atoms with E-state index in [0.29, 0.717) is 10.2 Å². The van der Waals surface area contributed by atoms with Crippen molar-refractivity contribution in [1.29, 1.82) is 0 Å². The molecule has 0 aliphatic carbocycles. The molecule has 0 aliphatic rings. The number of Topliss-reactive ketones (excluding diaryl/α,β-unsaturated/α-hetero) is 1. The van der Waals surface area contributed by atoms with E-state index in [4.69, 9.17) is 9.52 Å². The molecule has 3 aromatic rings. The summed E-state index contributed by atoms with van der Waals surface area (Å²) < 4.78 is 35.8. The molecule has 0 saturated carbocycles. The van der Waals surface area contributed by atoms with E-state index < -0.39 is 23.4 Å². The molecular weight excluding hydrogens is 396 g/mol. The molecule has 144 valence electrons. The van der Waals surface area contributed by atoms with Crippen LogP contribution in [0.3, 0.4) is 0 Å². The first kappa shape index (κ1) is 19.2. The minimum Gasteiger partial charge on any atom is -0.474 e. The van der Waals surface area contributed by atoms with Crippen molar-refractivity contribution >= 4 is 35.2 Å². The van der Waals surface area contributed by atoms with Gasteiger partial charge in [0, 0.05) is 6.08 Å². The highest BCUT2D eigenvalue weighted by Gasteiger charge is 2.42. The molecule has 0 radical (unpaired) electrons. The van der Waals surface area contributed by atoms with Crippen LogP contribution in [0.25, 0.3) is 12.2 Å². The predicted molar refractivity (Wildman–Crippen MR) is 94.9 cm³/mol. The summed E-state index contributed by atoms with van der Waals surface area (Å²) in [4.78, 5) is 36.9. The van der Waals surface area contributed by atoms with Crippen molar-refractivity contribution in [1.82, 2.24) is 4.98 Å². The number of carboxylic acids is 1. The average molecular weight is 407 g/mol. The fourth-order valence-corrected chi connectivity index (χ4v) is 2.99. The minimum atomic E-state index is -4.35. The first-order valence-electron chi connectivity index (χ1n) is 7.65. The molecule has 0 aliphatic heterocycles. The summed E-state index contributed by atoms with van der Waals surface area (Å²) in [6.45, 7) is 0. The zero-order valence-electron chi connectivity index (χ0n) is 13.8. The number of carbonyl (C=O) groups is 2. The Morgan fingerprint density at radius 1 is 1.21 bits per heavy atom. The maximum atomic E-state index is 13.0. The van der Waals surface area contributed by atoms with Gasteiger partial charge in [-0.15, -0.1) is 11.3 Å². The van der Waals surface area contributed by atoms with Crippen LogP contribution < -0.4 is 19.5 Å². The third-order valence-corrected chi connectivity index (χ3v) is 4.34. The monoisotopic (exact) mass is 407 g/mol. The Morgan fingerprint density at radius 2 is 1.93 bits per heavy atom. The zero-order chi connectivity index (χ0) is 20.3. The van der Waals surface area contributed by atoms with Crippen LogP contribution in [-0.4, -0.2) is 28.0 Å². The van der Waals surface area contributed by atoms with Crippen molar-refractivity contribution in [3.05, 3.63) is 73.5 Å². The second-order valence-electron chi connectivity index (χ2n) is 5.41. The summed E-state index contributed by atoms with van der Waals surface area (Å²) in [5.74, 6) is -3.02. The van der Waals surface area contributed by atoms with Gasteiger partial charge in [0.05, 0.1) is 15.5 Å². The van der Waals surface area contributed by atoms with E-state index in [1.54, 1.807) is 6.07 Å². The highest BCUT2D eigenvalue weighted by atomic mass is 32.1. The number of carbonyl (C=O) groups excluding carboxylic acids is 1. The Morgan fingerprint density at radius 3 is 2.54 bits per heavy atom. The smallest absolute Gasteiger partial charge is 0.474 e. The highest BCUT2D eigenvalue weighted by Crippen LogP contribution is 2.22. The Labute approximate surface area is 158 Å². The van der Waals surface area contributed by atoms with Crippen LogP contribution in [0.4, 0.5) is 8.78 Å². The van der Waals surface area contributed by atoms with E-state index in [9.17, 15) is 23.2 Å². The molecule has 0 spiro atoms. The summed E-state index contributed by atoms with van der Waals surface area (Å²) in [7, 11) is 0. The number of thiazole rings is 1. The average Bonchev–Trinajstić information content (AvgIpc) is 3.27. The first-order chi connectivity index (χ1) is 13.2. The fraction of sp³-hybridized carbons (Fsp3) is 0.0556. The molecule has 2 aromatic heterocycles. The number of alkyl halides is 2. The van der Waals surface area contributed by atoms with Crippen LogP contribution >= 0.6 is 11.3 Å². The van der Waals surface area contributed by atoms with Gasteiger partial charge in [0.25, 0.3) is 5.56 Å². The molecule has 0 fully saturated rings. The van der Waals surface area contributed by atoms with E-state index in [1.807, 2.05) is 0 Å². The van der Waals surface area contributed by atoms with E-state index in [2.05, 4.69) is 9.72 Å². The van der Waals surface area contributed by atoms with Gasteiger partial charge in [-0.25, -0.2) is 4.79 Å². The number of hydrogen-bond acceptors (Lipinski definition) is 6. The number of aromatic nitrogens is 1. The number of rotatable bonds is 6. The van der Waals surface area contributed by atoms with Gasteiger partial charge in [0.2, 0.25) is 5.78 Å². The molecule has 2 N–H and O–H groups in total. The van der Waals surface area contributed by atoms with E-state index in [1.165, 1.54) is 36.6 Å². The van der Waals surface area contributed by atoms with Gasteiger partial charge in [-0.2, -0.15) is 8.78 Å². The number of halogens is 2. The normalized spacial score (nSPS) is 12.9. The van der Waals surface area contributed by atoms with Crippen molar-refractivity contribution in [2.45, 2.75) is 6.11 Å². The van der Waals surface area contributed by atoms with Crippen molar-refractivity contribution in [2.24, 2.45) is 0 Å². The van der Waals surface area contributed by atoms with E-state index in [0.717, 1.165) is 23.5 Å². The van der Waals surface area contributed by atoms with Gasteiger partial charge in [0.1, 0.15) is 5.75 Å². The molecule has 0 bridgehead atoms. The summed E-state index contributed by atoms with van der Waals surface area (Å²) in [6, 6.07) is 8.12. The highest BCUT2D eigenvalue weighted by molar-refractivity contribution is 7.07. The van der Waals surface area contributed by atoms with Gasteiger partial charge < -0.3 is 19.2 Å². The van der Waals surface area contributed by atoms with Crippen LogP contribution in [-0.2, 0) is 4.79 Å². The fourth-order valence-electron chi connectivity index (χ4n) is 2.11. The molecule has 0 atom stereocenters. The number of ketones is 1. The van der Waals surface area contributed by atoms with Crippen LogP contribution in [0.5, 0.6) is 5.75 Å². The van der Waals surface area contributed by atoms with Crippen molar-refractivity contribution < 1.29 is 32.6 Å². The predicted octanol–water partition coefficient (Wildman–Crippen LogP) is 1.58. The lowest BCUT2D eigenvalue weighted by atomic mass is 10.2. The maximum Gasteiger partial charge on any atom is 0.501 e. The lowest BCUT2D eigenvalue weighted by Crippen LogP contribution is -2.34. The minimum absolute atomic E-state index is 0.133. The number of H-pyrrole nitrogens is 1. The summed E-state index contributed by atoms with van der Waals surface area (Å²) in [6.07, 6.45) is -0.275. The third-order valence-electron chi connectivity index (χ3n) is 3.38. The van der Waals surface area contributed by atoms with Gasteiger partial charge in [0.15, 0.2) is 5.76 Å². The first-order valence-corrected chi connectivity index (χ1v) is 8.47. The van der Waals surface area contributed by atoms with E-state index >= 15 is 0 Å². The van der Waals surface area contributed by atoms with Crippen LogP contribution in [0.15, 0.2) is 51.9 Å². The molecule has 1 aromatic carbocycles. The van der Waals surface area contributed by atoms with Crippen LogP contribution in [0.2, 0.25) is 0 Å². The largest absolute Gasteiger partial charge is 0.501 e. The lowest BCUT2D eigenvalue weighted by molar-refractivity contribution is -0.210. The van der Waals surface area contributed by atoms with Crippen LogP contribution in [0, 0.1) is 0 Å². The van der Waals surface area contributed by atoms with Gasteiger partial charge in [-0.3, -0.25) is 9.59 Å². The molecule has 0 unspecified atom stereocenters. The molecule has 2 heterocycles. The van der Waals surface area contributed by atoms with Gasteiger partial charge in [-0.1, -0.05) is 12.1 Å². The standard InChI is InChI=1S/C18H11F2NO6S/c19-18(20,17(24)25)27-11-5-3-10(4-6-11)8-14-16(23)21-15(28-14)9-12(22)13-2-1-7-26-13/h1-9H,(H,21,23)(H,24,25)/b14-8+,15-9-. The molecule has 3 rings (SSSR count). The Balaban J connectivity index is 1.84. The van der Waals surface area contributed by atoms with E-state index in [-0.39, 0.29) is 16.0 Å². The zero-order valence-corrected chi connectivity index (χ0v) is 14.7. The number of nitrogens with one attached hydrogen (secondary N) is 1. The molecule has 10 heteroatoms. The molecule has 7 nitrogen and oxygen atoms in total. The summed E-state index contributed by atoms with van der Waals surface area (Å²) in [5, 5.41) is 8.36. The quantitative estimate of drug-likeness (QED) is 0.601. The van der Waals surface area contributed by atoms with Crippen molar-refractivity contribution in [3.63, 3.8) is 0 Å². The summed E-state index contributed by atoms with van der Waals surface area (Å²) >= 11 is 1.03. The number of furan rings is 1. The Bertz CT molecular complexity index is 1180.